The number of benzene rings is 1. The third kappa shape index (κ3) is 7.47. The number of allylic oxidation sites excluding steroid dienone is 3. The number of unbranched alkanes of at least 4 members (excludes halogenated alkanes) is 4. The number of rotatable bonds is 15. The van der Waals surface area contributed by atoms with Crippen molar-refractivity contribution < 1.29 is 23.8 Å². The molecule has 0 radical (unpaired) electrons. The van der Waals surface area contributed by atoms with E-state index in [-0.39, 0.29) is 12.0 Å². The van der Waals surface area contributed by atoms with Crippen LogP contribution in [0.25, 0.3) is 10.9 Å². The van der Waals surface area contributed by atoms with Gasteiger partial charge >= 0.3 is 0 Å². The average molecular weight is 570 g/mol. The van der Waals surface area contributed by atoms with Gasteiger partial charge in [-0.15, -0.1) is 0 Å². The fourth-order valence-electron chi connectivity index (χ4n) is 5.34. The predicted octanol–water partition coefficient (Wildman–Crippen LogP) is 5.81. The molecule has 2 aromatic rings. The number of carbonyl (C=O) groups is 2. The lowest BCUT2D eigenvalue weighted by molar-refractivity contribution is -0.137. The van der Waals surface area contributed by atoms with E-state index in [0.29, 0.717) is 60.0 Å². The molecule has 1 aliphatic carbocycles. The van der Waals surface area contributed by atoms with Crippen LogP contribution in [0, 0.1) is 11.8 Å². The molecule has 216 valence electrons. The zero-order valence-corrected chi connectivity index (χ0v) is 24.2. The Labute approximate surface area is 241 Å². The smallest absolute Gasteiger partial charge is 0.240 e. The number of likely N-dealkylation sites (tertiary alicyclic amines) is 1. The molecule has 1 aromatic heterocycles. The van der Waals surface area contributed by atoms with Crippen LogP contribution < -0.4 is 15.2 Å². The van der Waals surface area contributed by atoms with Crippen LogP contribution in [0.5, 0.6) is 11.6 Å². The van der Waals surface area contributed by atoms with Crippen molar-refractivity contribution in [2.24, 2.45) is 17.6 Å². The Hall–Kier alpha value is -3.26. The zero-order valence-electron chi connectivity index (χ0n) is 23.4. The lowest BCUT2D eigenvalue weighted by Gasteiger charge is -2.22. The molecule has 2 fully saturated rings. The second-order valence-corrected chi connectivity index (χ2v) is 10.9. The molecular formula is C31H40ClN3O5. The van der Waals surface area contributed by atoms with Gasteiger partial charge in [0.1, 0.15) is 17.9 Å². The molecule has 2 N–H and O–H groups in total. The first kappa shape index (κ1) is 29.7. The van der Waals surface area contributed by atoms with Crippen LogP contribution in [-0.2, 0) is 14.3 Å². The third-order valence-electron chi connectivity index (χ3n) is 7.64. The van der Waals surface area contributed by atoms with Crippen LogP contribution in [0.4, 0.5) is 0 Å². The lowest BCUT2D eigenvalue weighted by atomic mass is 10.1. The number of nitrogens with zero attached hydrogens (tertiary/aromatic N) is 2. The fraction of sp³-hybridized carbons (Fsp3) is 0.516. The van der Waals surface area contributed by atoms with Crippen molar-refractivity contribution in [3.05, 3.63) is 53.8 Å². The number of primary amides is 1. The molecule has 9 heteroatoms. The monoisotopic (exact) mass is 569 g/mol. The number of carbonyl (C=O) groups excluding carboxylic acids is 2. The lowest BCUT2D eigenvalue weighted by Crippen LogP contribution is -2.43. The summed E-state index contributed by atoms with van der Waals surface area (Å²) in [6.07, 6.45) is 10.9. The van der Waals surface area contributed by atoms with E-state index in [1.165, 1.54) is 0 Å². The van der Waals surface area contributed by atoms with Crippen LogP contribution >= 0.6 is 11.6 Å². The van der Waals surface area contributed by atoms with Gasteiger partial charge in [-0.2, -0.15) is 0 Å². The molecule has 4 atom stereocenters. The van der Waals surface area contributed by atoms with E-state index in [1.54, 1.807) is 24.1 Å². The predicted molar refractivity (Wildman–Crippen MR) is 156 cm³/mol. The summed E-state index contributed by atoms with van der Waals surface area (Å²) in [7, 11) is 1.68. The normalized spacial score (nSPS) is 22.0. The van der Waals surface area contributed by atoms with Crippen molar-refractivity contribution >= 4 is 34.3 Å². The number of ether oxygens (including phenoxy) is 3. The molecule has 4 rings (SSSR count). The van der Waals surface area contributed by atoms with Gasteiger partial charge < -0.3 is 24.8 Å². The van der Waals surface area contributed by atoms with Gasteiger partial charge in [-0.05, 0) is 50.7 Å². The van der Waals surface area contributed by atoms with Crippen molar-refractivity contribution in [2.75, 3.05) is 20.3 Å². The molecule has 40 heavy (non-hydrogen) atoms. The number of methoxy groups -OCH3 is 1. The molecule has 0 bridgehead atoms. The summed E-state index contributed by atoms with van der Waals surface area (Å²) < 4.78 is 17.1. The van der Waals surface area contributed by atoms with Crippen molar-refractivity contribution in [1.29, 1.82) is 0 Å². The summed E-state index contributed by atoms with van der Waals surface area (Å²) in [6, 6.07) is 6.50. The Morgan fingerprint density at radius 1 is 1.23 bits per heavy atom. The summed E-state index contributed by atoms with van der Waals surface area (Å²) >= 11 is 6.38. The van der Waals surface area contributed by atoms with Crippen LogP contribution in [0.15, 0.2) is 48.8 Å². The number of nitrogens with two attached hydrogens (primary N) is 1. The highest BCUT2D eigenvalue weighted by molar-refractivity contribution is 6.35. The van der Waals surface area contributed by atoms with Gasteiger partial charge in [0.15, 0.2) is 0 Å². The van der Waals surface area contributed by atoms with Gasteiger partial charge in [-0.3, -0.25) is 9.59 Å². The van der Waals surface area contributed by atoms with Crippen LogP contribution in [0.3, 0.4) is 0 Å². The maximum atomic E-state index is 13.1. The van der Waals surface area contributed by atoms with Crippen molar-refractivity contribution in [1.82, 2.24) is 9.88 Å². The molecule has 1 saturated heterocycles. The Kier molecular flexibility index (Phi) is 10.3. The van der Waals surface area contributed by atoms with E-state index < -0.39 is 11.9 Å². The highest BCUT2D eigenvalue weighted by Gasteiger charge is 2.40. The zero-order chi connectivity index (χ0) is 28.6. The van der Waals surface area contributed by atoms with E-state index >= 15 is 0 Å². The summed E-state index contributed by atoms with van der Waals surface area (Å²) in [5.74, 6) is 2.29. The minimum atomic E-state index is -0.689. The first-order valence-electron chi connectivity index (χ1n) is 14.2. The number of pyridine rings is 1. The maximum absolute atomic E-state index is 13.1. The maximum Gasteiger partial charge on any atom is 0.240 e. The number of para-hydroxylation sites is 1. The van der Waals surface area contributed by atoms with Gasteiger partial charge in [-0.25, -0.2) is 4.98 Å². The van der Waals surface area contributed by atoms with Crippen LogP contribution in [0.2, 0.25) is 5.02 Å². The quantitative estimate of drug-likeness (QED) is 0.165. The number of halogens is 1. The highest BCUT2D eigenvalue weighted by atomic mass is 35.5. The first-order valence-corrected chi connectivity index (χ1v) is 14.6. The second-order valence-electron chi connectivity index (χ2n) is 10.5. The van der Waals surface area contributed by atoms with E-state index in [9.17, 15) is 9.59 Å². The molecule has 1 saturated carbocycles. The van der Waals surface area contributed by atoms with Gasteiger partial charge in [0.25, 0.3) is 0 Å². The van der Waals surface area contributed by atoms with E-state index in [4.69, 9.17) is 31.5 Å². The third-order valence-corrected chi connectivity index (χ3v) is 7.94. The topological polar surface area (TPSA) is 104 Å². The number of aromatic nitrogens is 1. The molecular weight excluding hydrogens is 530 g/mol. The Bertz CT molecular complexity index is 1250. The Balaban J connectivity index is 1.26. The molecule has 8 nitrogen and oxygen atoms in total. The average Bonchev–Trinajstić information content (AvgIpc) is 3.58. The second kappa shape index (κ2) is 13.9. The standard InChI is InChI=1S/C31H40ClN3O5/c1-4-39-28-18-27(23-13-11-14-25(32)30(23)34-28)40-22-17-26(31(33)37)35(19-22)29(36)15-10-8-6-5-7-9-12-21-16-24(21)20(2)38-3/h9,11-14,18,21-22,24,26H,2,4-8,10,15-17,19H2,1,3H3,(H2,33,37)/b12-9-/t21-,22-,24-,26+/m1/s1. The fourth-order valence-corrected chi connectivity index (χ4v) is 5.56. The van der Waals surface area contributed by atoms with E-state index in [1.807, 2.05) is 19.1 Å². The Morgan fingerprint density at radius 3 is 2.77 bits per heavy atom. The largest absolute Gasteiger partial charge is 0.501 e. The summed E-state index contributed by atoms with van der Waals surface area (Å²) in [4.78, 5) is 31.4. The van der Waals surface area contributed by atoms with Crippen LogP contribution in [0.1, 0.15) is 58.3 Å². The molecule has 2 heterocycles. The molecule has 2 aliphatic rings. The Morgan fingerprint density at radius 2 is 2.02 bits per heavy atom. The molecule has 1 aliphatic heterocycles. The minimum absolute atomic E-state index is 0.0643. The van der Waals surface area contributed by atoms with E-state index in [0.717, 1.165) is 49.7 Å². The molecule has 0 unspecified atom stereocenters. The van der Waals surface area contributed by atoms with Crippen molar-refractivity contribution in [3.8, 4) is 11.6 Å². The van der Waals surface area contributed by atoms with Crippen LogP contribution in [-0.4, -0.2) is 54.1 Å². The van der Waals surface area contributed by atoms with Gasteiger partial charge in [0.2, 0.25) is 17.7 Å². The minimum Gasteiger partial charge on any atom is -0.501 e. The van der Waals surface area contributed by atoms with E-state index in [2.05, 4.69) is 23.7 Å². The van der Waals surface area contributed by atoms with Gasteiger partial charge in [0, 0.05) is 30.2 Å². The number of fused-ring (bicyclic) bond motifs is 1. The number of amides is 2. The number of hydrogen-bond donors (Lipinski definition) is 1. The SMILES string of the molecule is C=C(OC)[C@H]1C[C@H]1/C=C\CCCCCCC(=O)N1C[C@H](Oc2cc(OCC)nc3c(Cl)cccc23)C[C@H]1C(N)=O. The summed E-state index contributed by atoms with van der Waals surface area (Å²) in [6.45, 7) is 6.55. The first-order chi connectivity index (χ1) is 19.3. The van der Waals surface area contributed by atoms with Gasteiger partial charge in [-0.1, -0.05) is 49.2 Å². The van der Waals surface area contributed by atoms with Crippen molar-refractivity contribution in [3.63, 3.8) is 0 Å². The van der Waals surface area contributed by atoms with Gasteiger partial charge in [0.05, 0.1) is 36.6 Å². The number of hydrogen-bond acceptors (Lipinski definition) is 6. The molecule has 0 spiro atoms. The summed E-state index contributed by atoms with van der Waals surface area (Å²) in [5.41, 5.74) is 6.26. The molecule has 2 amide bonds. The highest BCUT2D eigenvalue weighted by Crippen LogP contribution is 2.44. The van der Waals surface area contributed by atoms with Crippen molar-refractivity contribution in [2.45, 2.75) is 70.4 Å². The summed E-state index contributed by atoms with van der Waals surface area (Å²) in [5, 5.41) is 1.23. The molecule has 1 aromatic carbocycles.